The van der Waals surface area contributed by atoms with Gasteiger partial charge in [-0.2, -0.15) is 0 Å². The molecule has 0 aliphatic carbocycles. The Morgan fingerprint density at radius 3 is 2.47 bits per heavy atom. The number of anilines is 1. The summed E-state index contributed by atoms with van der Waals surface area (Å²) in [6.45, 7) is 5.57. The Morgan fingerprint density at radius 1 is 1.37 bits per heavy atom. The molecule has 5 nitrogen and oxygen atoms in total. The van der Waals surface area contributed by atoms with E-state index in [4.69, 9.17) is 10.7 Å². The van der Waals surface area contributed by atoms with E-state index in [1.807, 2.05) is 20.8 Å². The van der Waals surface area contributed by atoms with Crippen LogP contribution < -0.4 is 10.6 Å². The molecule has 7 heteroatoms. The van der Waals surface area contributed by atoms with Gasteiger partial charge in [0.25, 0.3) is 9.05 Å². The molecule has 0 unspecified atom stereocenters. The van der Waals surface area contributed by atoms with Crippen LogP contribution >= 0.6 is 10.7 Å². The van der Waals surface area contributed by atoms with Crippen LogP contribution in [0.4, 0.5) is 10.5 Å². The van der Waals surface area contributed by atoms with Crippen LogP contribution in [0.25, 0.3) is 0 Å². The largest absolute Gasteiger partial charge is 0.336 e. The maximum Gasteiger partial charge on any atom is 0.319 e. The van der Waals surface area contributed by atoms with Gasteiger partial charge in [0.2, 0.25) is 0 Å². The lowest BCUT2D eigenvalue weighted by molar-refractivity contribution is 0.250. The van der Waals surface area contributed by atoms with Crippen LogP contribution in [-0.2, 0) is 15.5 Å². The summed E-state index contributed by atoms with van der Waals surface area (Å²) < 4.78 is 22.5. The predicted octanol–water partition coefficient (Wildman–Crippen LogP) is 2.71. The first-order valence-electron chi connectivity index (χ1n) is 5.89. The molecule has 0 aliphatic rings. The Balaban J connectivity index is 3.00. The van der Waals surface area contributed by atoms with Gasteiger partial charge >= 0.3 is 6.03 Å². The van der Waals surface area contributed by atoms with Gasteiger partial charge in [0.15, 0.2) is 0 Å². The van der Waals surface area contributed by atoms with E-state index in [-0.39, 0.29) is 17.0 Å². The Kier molecular flexibility index (Phi) is 5.20. The molecule has 0 aliphatic heterocycles. The second-order valence-corrected chi connectivity index (χ2v) is 6.93. The standard InChI is InChI=1S/C12H17ClN2O3S/c1-4-9-7-10(19(13,17)18)5-6-11(9)15-12(16)14-8(2)3/h5-8H,4H2,1-3H3,(H2,14,15,16). The molecule has 19 heavy (non-hydrogen) atoms. The van der Waals surface area contributed by atoms with E-state index in [9.17, 15) is 13.2 Å². The van der Waals surface area contributed by atoms with Gasteiger partial charge < -0.3 is 10.6 Å². The number of nitrogens with one attached hydrogen (secondary N) is 2. The number of carbonyl (C=O) groups is 1. The van der Waals surface area contributed by atoms with Gasteiger partial charge in [0.1, 0.15) is 0 Å². The number of carbonyl (C=O) groups excluding carboxylic acids is 1. The SMILES string of the molecule is CCc1cc(S(=O)(=O)Cl)ccc1NC(=O)NC(C)C. The number of hydrogen-bond acceptors (Lipinski definition) is 3. The van der Waals surface area contributed by atoms with E-state index < -0.39 is 9.05 Å². The first-order valence-corrected chi connectivity index (χ1v) is 8.20. The lowest BCUT2D eigenvalue weighted by Gasteiger charge is -2.13. The summed E-state index contributed by atoms with van der Waals surface area (Å²) in [6.07, 6.45) is 0.581. The molecule has 0 radical (unpaired) electrons. The molecule has 0 spiro atoms. The molecule has 2 N–H and O–H groups in total. The highest BCUT2D eigenvalue weighted by atomic mass is 35.7. The second-order valence-electron chi connectivity index (χ2n) is 4.36. The third-order valence-corrected chi connectivity index (χ3v) is 3.76. The molecule has 0 saturated carbocycles. The van der Waals surface area contributed by atoms with Crippen molar-refractivity contribution in [3.05, 3.63) is 23.8 Å². The van der Waals surface area contributed by atoms with Crippen molar-refractivity contribution in [2.45, 2.75) is 38.1 Å². The summed E-state index contributed by atoms with van der Waals surface area (Å²) in [5.74, 6) is 0. The predicted molar refractivity (Wildman–Crippen MR) is 76.1 cm³/mol. The number of amides is 2. The van der Waals surface area contributed by atoms with Crippen molar-refractivity contribution < 1.29 is 13.2 Å². The van der Waals surface area contributed by atoms with Gasteiger partial charge in [-0.1, -0.05) is 6.92 Å². The highest BCUT2D eigenvalue weighted by Gasteiger charge is 2.13. The van der Waals surface area contributed by atoms with Crippen molar-refractivity contribution in [2.24, 2.45) is 0 Å². The number of aryl methyl sites for hydroxylation is 1. The van der Waals surface area contributed by atoms with Gasteiger partial charge in [-0.15, -0.1) is 0 Å². The fourth-order valence-electron chi connectivity index (χ4n) is 1.56. The minimum absolute atomic E-state index is 0.0209. The maximum absolute atomic E-state index is 11.6. The fraction of sp³-hybridized carbons (Fsp3) is 0.417. The molecule has 1 aromatic rings. The summed E-state index contributed by atoms with van der Waals surface area (Å²) in [5, 5.41) is 5.38. The maximum atomic E-state index is 11.6. The first-order chi connectivity index (χ1) is 8.74. The van der Waals surface area contributed by atoms with Crippen LogP contribution in [0.1, 0.15) is 26.3 Å². The summed E-state index contributed by atoms with van der Waals surface area (Å²) in [6, 6.07) is 4.06. The highest BCUT2D eigenvalue weighted by Crippen LogP contribution is 2.23. The third kappa shape index (κ3) is 4.72. The molecule has 1 aromatic carbocycles. The molecule has 0 atom stereocenters. The van der Waals surface area contributed by atoms with Crippen molar-refractivity contribution in [3.8, 4) is 0 Å². The zero-order valence-corrected chi connectivity index (χ0v) is 12.6. The molecule has 0 aromatic heterocycles. The number of rotatable bonds is 4. The lowest BCUT2D eigenvalue weighted by atomic mass is 10.1. The van der Waals surface area contributed by atoms with Crippen LogP contribution in [0.5, 0.6) is 0 Å². The summed E-state index contributed by atoms with van der Waals surface area (Å²) in [7, 11) is 1.53. The third-order valence-electron chi connectivity index (χ3n) is 2.41. The van der Waals surface area contributed by atoms with Gasteiger partial charge in [0.05, 0.1) is 4.90 Å². The molecule has 0 fully saturated rings. The Labute approximate surface area is 117 Å². The minimum atomic E-state index is -3.76. The van der Waals surface area contributed by atoms with Crippen LogP contribution in [0.2, 0.25) is 0 Å². The molecule has 0 saturated heterocycles. The van der Waals surface area contributed by atoms with Gasteiger partial charge in [-0.05, 0) is 44.0 Å². The summed E-state index contributed by atoms with van der Waals surface area (Å²) >= 11 is 0. The number of benzene rings is 1. The van der Waals surface area contributed by atoms with E-state index in [1.165, 1.54) is 18.2 Å². The van der Waals surface area contributed by atoms with Crippen LogP contribution in [0.15, 0.2) is 23.1 Å². The van der Waals surface area contributed by atoms with Crippen LogP contribution in [-0.4, -0.2) is 20.5 Å². The van der Waals surface area contributed by atoms with Gasteiger partial charge in [-0.25, -0.2) is 13.2 Å². The quantitative estimate of drug-likeness (QED) is 0.840. The normalized spacial score (nSPS) is 11.4. The lowest BCUT2D eigenvalue weighted by Crippen LogP contribution is -2.34. The molecular weight excluding hydrogens is 288 g/mol. The topological polar surface area (TPSA) is 75.3 Å². The second kappa shape index (κ2) is 6.25. The minimum Gasteiger partial charge on any atom is -0.336 e. The average Bonchev–Trinajstić information content (AvgIpc) is 2.26. The zero-order chi connectivity index (χ0) is 14.6. The Bertz CT molecular complexity index is 570. The molecular formula is C12H17ClN2O3S. The smallest absolute Gasteiger partial charge is 0.319 e. The van der Waals surface area contributed by atoms with Crippen molar-refractivity contribution in [2.75, 3.05) is 5.32 Å². The fourth-order valence-corrected chi connectivity index (χ4v) is 2.36. The van der Waals surface area contributed by atoms with E-state index in [0.717, 1.165) is 0 Å². The summed E-state index contributed by atoms with van der Waals surface area (Å²) in [4.78, 5) is 11.6. The van der Waals surface area contributed by atoms with Crippen molar-refractivity contribution >= 4 is 31.5 Å². The molecule has 0 heterocycles. The monoisotopic (exact) mass is 304 g/mol. The van der Waals surface area contributed by atoms with E-state index >= 15 is 0 Å². The summed E-state index contributed by atoms with van der Waals surface area (Å²) in [5.41, 5.74) is 1.28. The van der Waals surface area contributed by atoms with Crippen molar-refractivity contribution in [1.29, 1.82) is 0 Å². The van der Waals surface area contributed by atoms with Gasteiger partial charge in [-0.3, -0.25) is 0 Å². The number of halogens is 1. The zero-order valence-electron chi connectivity index (χ0n) is 11.0. The molecule has 106 valence electrons. The van der Waals surface area contributed by atoms with E-state index in [2.05, 4.69) is 10.6 Å². The molecule has 2 amide bonds. The van der Waals surface area contributed by atoms with Gasteiger partial charge in [0, 0.05) is 22.4 Å². The number of hydrogen-bond donors (Lipinski definition) is 2. The van der Waals surface area contributed by atoms with Crippen molar-refractivity contribution in [3.63, 3.8) is 0 Å². The average molecular weight is 305 g/mol. The molecule has 0 bridgehead atoms. The van der Waals surface area contributed by atoms with E-state index in [0.29, 0.717) is 17.7 Å². The van der Waals surface area contributed by atoms with Crippen LogP contribution in [0.3, 0.4) is 0 Å². The first kappa shape index (κ1) is 15.8. The van der Waals surface area contributed by atoms with Crippen molar-refractivity contribution in [1.82, 2.24) is 5.32 Å². The van der Waals surface area contributed by atoms with E-state index in [1.54, 1.807) is 0 Å². The Hall–Kier alpha value is -1.27. The highest BCUT2D eigenvalue weighted by molar-refractivity contribution is 8.13. The number of urea groups is 1. The molecule has 1 rings (SSSR count). The van der Waals surface area contributed by atoms with Crippen LogP contribution in [0, 0.1) is 0 Å². The Morgan fingerprint density at radius 2 is 2.00 bits per heavy atom.